The van der Waals surface area contributed by atoms with E-state index in [9.17, 15) is 19.3 Å². The van der Waals surface area contributed by atoms with Crippen LogP contribution < -0.4 is 10.4 Å². The van der Waals surface area contributed by atoms with Gasteiger partial charge < -0.3 is 0 Å². The number of benzene rings is 3. The monoisotopic (exact) mass is 469 g/mol. The molecule has 168 valence electrons. The Labute approximate surface area is 186 Å². The van der Waals surface area contributed by atoms with E-state index in [1.807, 2.05) is 0 Å². The standard InChI is InChI=1S/C23H9F6N5/c1-32-6-9(7-33-2)12-10-3-11(24)15-16-14(10)17(21(28)18(12)25)23(29)34-22(16)13(8(4-30)5-31)19(26)20(15)27/h3,6-7H,1-2H3. The third kappa shape index (κ3) is 2.90. The van der Waals surface area contributed by atoms with Gasteiger partial charge in [0.05, 0.1) is 21.5 Å². The van der Waals surface area contributed by atoms with Crippen molar-refractivity contribution in [3.05, 3.63) is 51.5 Å². The van der Waals surface area contributed by atoms with E-state index in [1.54, 1.807) is 0 Å². The summed E-state index contributed by atoms with van der Waals surface area (Å²) < 4.78 is 90.3. The fraction of sp³-hybridized carbons (Fsp3) is 0.0870. The molecule has 1 heterocycles. The van der Waals surface area contributed by atoms with Gasteiger partial charge in [-0.05, 0) is 11.5 Å². The van der Waals surface area contributed by atoms with Crippen molar-refractivity contribution in [2.45, 2.75) is 0 Å². The second-order valence-corrected chi connectivity index (χ2v) is 6.99. The first-order valence-corrected chi connectivity index (χ1v) is 9.34. The molecule has 34 heavy (non-hydrogen) atoms. The zero-order valence-electron chi connectivity index (χ0n) is 17.2. The Hall–Kier alpha value is -4.51. The Balaban J connectivity index is 2.60. The summed E-state index contributed by atoms with van der Waals surface area (Å²) >= 11 is 0. The minimum absolute atomic E-state index is 0.125. The van der Waals surface area contributed by atoms with Crippen LogP contribution in [0.4, 0.5) is 26.3 Å². The van der Waals surface area contributed by atoms with Crippen LogP contribution >= 0.6 is 0 Å². The number of nitrogens with zero attached hydrogens (tertiary/aromatic N) is 5. The molecular weight excluding hydrogens is 460 g/mol. The van der Waals surface area contributed by atoms with E-state index < -0.39 is 83.5 Å². The van der Waals surface area contributed by atoms with Crippen LogP contribution in [0.2, 0.25) is 0 Å². The fourth-order valence-corrected chi connectivity index (χ4v) is 4.00. The average molecular weight is 469 g/mol. The average Bonchev–Trinajstić information content (AvgIpc) is 2.80. The molecule has 0 aliphatic carbocycles. The largest absolute Gasteiger partial charge is 0.296 e. The van der Waals surface area contributed by atoms with E-state index >= 15 is 17.6 Å². The summed E-state index contributed by atoms with van der Waals surface area (Å²) in [5, 5.41) is 13.2. The number of rotatable bonds is 2. The predicted octanol–water partition coefficient (Wildman–Crippen LogP) is 3.56. The third-order valence-electron chi connectivity index (χ3n) is 5.25. The van der Waals surface area contributed by atoms with Crippen LogP contribution in [-0.2, 0) is 0 Å². The van der Waals surface area contributed by atoms with Crippen molar-refractivity contribution in [2.75, 3.05) is 14.1 Å². The molecule has 0 aliphatic heterocycles. The highest BCUT2D eigenvalue weighted by molar-refractivity contribution is 6.31. The molecule has 5 nitrogen and oxygen atoms in total. The lowest BCUT2D eigenvalue weighted by Gasteiger charge is -2.15. The van der Waals surface area contributed by atoms with Crippen molar-refractivity contribution < 1.29 is 26.3 Å². The Morgan fingerprint density at radius 2 is 1.35 bits per heavy atom. The van der Waals surface area contributed by atoms with Gasteiger partial charge >= 0.3 is 0 Å². The van der Waals surface area contributed by atoms with Crippen molar-refractivity contribution in [1.82, 2.24) is 4.98 Å². The molecule has 0 fully saturated rings. The van der Waals surface area contributed by atoms with Gasteiger partial charge in [0.2, 0.25) is 5.95 Å². The minimum Gasteiger partial charge on any atom is -0.296 e. The molecule has 3 aromatic carbocycles. The SMILES string of the molecule is CN=CC(C=NC)=c1c(F)c(F)c2c(F)nc3c(=C(C#N)C#N)c(F)c(F)c4c(F)cc1c2c43. The van der Waals surface area contributed by atoms with Crippen LogP contribution in [-0.4, -0.2) is 31.5 Å². The summed E-state index contributed by atoms with van der Waals surface area (Å²) in [7, 11) is 2.65. The van der Waals surface area contributed by atoms with Crippen LogP contribution in [0.25, 0.3) is 43.6 Å². The molecule has 0 N–H and O–H groups in total. The first kappa shape index (κ1) is 22.7. The Morgan fingerprint density at radius 3 is 1.91 bits per heavy atom. The molecule has 4 aromatic rings. The van der Waals surface area contributed by atoms with Crippen LogP contribution in [0.3, 0.4) is 0 Å². The van der Waals surface area contributed by atoms with Gasteiger partial charge in [0, 0.05) is 48.1 Å². The maximum absolute atomic E-state index is 15.2. The number of aromatic nitrogens is 1. The van der Waals surface area contributed by atoms with E-state index in [0.29, 0.717) is 6.07 Å². The van der Waals surface area contributed by atoms with Crippen molar-refractivity contribution in [3.63, 3.8) is 0 Å². The maximum atomic E-state index is 15.2. The van der Waals surface area contributed by atoms with E-state index in [1.165, 1.54) is 26.2 Å². The Morgan fingerprint density at radius 1 is 0.794 bits per heavy atom. The lowest BCUT2D eigenvalue weighted by molar-refractivity contribution is 0.502. The van der Waals surface area contributed by atoms with Gasteiger partial charge in [0.1, 0.15) is 23.5 Å². The van der Waals surface area contributed by atoms with Crippen molar-refractivity contribution in [2.24, 2.45) is 9.98 Å². The molecule has 1 aromatic heterocycles. The van der Waals surface area contributed by atoms with Gasteiger partial charge in [0.15, 0.2) is 23.3 Å². The van der Waals surface area contributed by atoms with E-state index in [4.69, 9.17) is 0 Å². The Bertz CT molecular complexity index is 1780. The van der Waals surface area contributed by atoms with E-state index in [2.05, 4.69) is 15.0 Å². The number of aliphatic imine (C=N–C) groups is 2. The Kier molecular flexibility index (Phi) is 5.42. The van der Waals surface area contributed by atoms with Crippen molar-refractivity contribution >= 4 is 56.0 Å². The number of nitriles is 2. The normalized spacial score (nSPS) is 11.8. The maximum Gasteiger partial charge on any atom is 0.224 e. The van der Waals surface area contributed by atoms with Crippen molar-refractivity contribution in [1.29, 1.82) is 10.5 Å². The highest BCUT2D eigenvalue weighted by Crippen LogP contribution is 2.37. The molecule has 4 rings (SSSR count). The van der Waals surface area contributed by atoms with Crippen LogP contribution in [0.5, 0.6) is 0 Å². The number of pyridine rings is 1. The fourth-order valence-electron chi connectivity index (χ4n) is 4.00. The van der Waals surface area contributed by atoms with Gasteiger partial charge in [-0.1, -0.05) is 0 Å². The zero-order valence-corrected chi connectivity index (χ0v) is 17.2. The van der Waals surface area contributed by atoms with Crippen LogP contribution in [0.1, 0.15) is 0 Å². The summed E-state index contributed by atoms with van der Waals surface area (Å²) in [5.74, 6) is -9.94. The van der Waals surface area contributed by atoms with Crippen LogP contribution in [0.15, 0.2) is 16.1 Å². The number of hydrogen-bond donors (Lipinski definition) is 0. The summed E-state index contributed by atoms with van der Waals surface area (Å²) in [6, 6.07) is 3.30. The van der Waals surface area contributed by atoms with Gasteiger partial charge in [-0.2, -0.15) is 14.9 Å². The van der Waals surface area contributed by atoms with Crippen molar-refractivity contribution in [3.8, 4) is 12.1 Å². The van der Waals surface area contributed by atoms with Gasteiger partial charge in [-0.25, -0.2) is 26.9 Å². The van der Waals surface area contributed by atoms with Gasteiger partial charge in [0.25, 0.3) is 0 Å². The summed E-state index contributed by atoms with van der Waals surface area (Å²) in [6.07, 6.45) is 2.19. The van der Waals surface area contributed by atoms with E-state index in [0.717, 1.165) is 12.4 Å². The van der Waals surface area contributed by atoms with Gasteiger partial charge in [-0.15, -0.1) is 0 Å². The zero-order chi connectivity index (χ0) is 24.9. The number of halogens is 6. The molecule has 0 radical (unpaired) electrons. The third-order valence-corrected chi connectivity index (χ3v) is 5.25. The lowest BCUT2D eigenvalue weighted by atomic mass is 9.92. The topological polar surface area (TPSA) is 85.2 Å². The molecule has 0 amide bonds. The first-order valence-electron chi connectivity index (χ1n) is 9.34. The van der Waals surface area contributed by atoms with Gasteiger partial charge in [-0.3, -0.25) is 9.98 Å². The molecular formula is C23H9F6N5. The molecule has 0 atom stereocenters. The first-order chi connectivity index (χ1) is 16.2. The lowest BCUT2D eigenvalue weighted by Crippen LogP contribution is -2.22. The summed E-state index contributed by atoms with van der Waals surface area (Å²) in [4.78, 5) is 10.8. The highest BCUT2D eigenvalue weighted by atomic mass is 19.2. The highest BCUT2D eigenvalue weighted by Gasteiger charge is 2.29. The smallest absolute Gasteiger partial charge is 0.224 e. The minimum atomic E-state index is -1.81. The molecule has 0 spiro atoms. The molecule has 0 unspecified atom stereocenters. The quantitative estimate of drug-likeness (QED) is 0.195. The predicted molar refractivity (Wildman–Crippen MR) is 114 cm³/mol. The summed E-state index contributed by atoms with van der Waals surface area (Å²) in [6.45, 7) is 0. The number of hydrogen-bond acceptors (Lipinski definition) is 5. The molecule has 0 aliphatic rings. The van der Waals surface area contributed by atoms with E-state index in [-0.39, 0.29) is 5.57 Å². The second-order valence-electron chi connectivity index (χ2n) is 6.99. The summed E-state index contributed by atoms with van der Waals surface area (Å²) in [5.41, 5.74) is -1.90. The molecule has 0 bridgehead atoms. The molecule has 0 saturated carbocycles. The van der Waals surface area contributed by atoms with Crippen LogP contribution in [0, 0.1) is 57.7 Å². The second kappa shape index (κ2) is 8.12. The molecule has 0 saturated heterocycles. The molecule has 11 heteroatoms.